The van der Waals surface area contributed by atoms with Gasteiger partial charge in [-0.05, 0) is 44.0 Å². The average molecular weight is 580 g/mol. The number of nitrogen functional groups attached to an aromatic ring is 1. The molecule has 1 aliphatic heterocycles. The Hall–Kier alpha value is -3.46. The third kappa shape index (κ3) is 10.7. The molecule has 1 saturated heterocycles. The number of esters is 1. The molecule has 0 bridgehead atoms. The highest BCUT2D eigenvalue weighted by molar-refractivity contribution is 7.54. The van der Waals surface area contributed by atoms with Gasteiger partial charge in [0.05, 0.1) is 19.3 Å². The molecule has 0 saturated carbocycles. The molecule has 13 nitrogen and oxygen atoms in total. The molecule has 1 aliphatic rings. The lowest BCUT2D eigenvalue weighted by atomic mass is 10.1. The molecule has 0 aliphatic carbocycles. The standard InChI is InChI=1S/C20H27N4O7P.C2HF3O2/c1-13(2)30-19(25)17(21)9-14-3-5-15(6-4-14)31-32(27)12-28-16(11-29-32)10-24-8-7-18(22)23-20(24)26;3-2(4,5)1(6)7/h3-8,13,16-17H,9-12,21H2,1-2H3,(H2,22,23,26);(H,6,7)/t16-,17-,32+;/m0./s1. The summed E-state index contributed by atoms with van der Waals surface area (Å²) < 4.78 is 67.6. The Bertz CT molecular complexity index is 1230. The number of rotatable bonds is 8. The van der Waals surface area contributed by atoms with Gasteiger partial charge in [0.15, 0.2) is 6.35 Å². The second-order valence-corrected chi connectivity index (χ2v) is 10.4. The van der Waals surface area contributed by atoms with Gasteiger partial charge in [0.2, 0.25) is 0 Å². The summed E-state index contributed by atoms with van der Waals surface area (Å²) in [4.78, 5) is 36.2. The zero-order valence-corrected chi connectivity index (χ0v) is 21.8. The van der Waals surface area contributed by atoms with E-state index in [1.54, 1.807) is 38.1 Å². The van der Waals surface area contributed by atoms with E-state index in [0.29, 0.717) is 12.2 Å². The van der Waals surface area contributed by atoms with Crippen LogP contribution in [0, 0.1) is 0 Å². The lowest BCUT2D eigenvalue weighted by Crippen LogP contribution is -2.35. The van der Waals surface area contributed by atoms with Crippen LogP contribution in [-0.2, 0) is 41.1 Å². The van der Waals surface area contributed by atoms with Gasteiger partial charge < -0.3 is 30.6 Å². The van der Waals surface area contributed by atoms with Gasteiger partial charge in [0.1, 0.15) is 23.7 Å². The first kappa shape index (κ1) is 31.8. The molecule has 0 spiro atoms. The highest BCUT2D eigenvalue weighted by Crippen LogP contribution is 2.50. The molecule has 216 valence electrons. The van der Waals surface area contributed by atoms with Crippen LogP contribution < -0.4 is 21.7 Å². The summed E-state index contributed by atoms with van der Waals surface area (Å²) in [5.74, 6) is -2.76. The van der Waals surface area contributed by atoms with Crippen LogP contribution in [0.15, 0.2) is 41.3 Å². The number of hydrogen-bond acceptors (Lipinski definition) is 11. The monoisotopic (exact) mass is 580 g/mol. The predicted molar refractivity (Wildman–Crippen MR) is 130 cm³/mol. The quantitative estimate of drug-likeness (QED) is 0.304. The summed E-state index contributed by atoms with van der Waals surface area (Å²) in [6.45, 7) is 3.68. The maximum Gasteiger partial charge on any atom is 0.490 e. The number of nitrogens with zero attached hydrogens (tertiary/aromatic N) is 2. The minimum atomic E-state index is -5.08. The number of aromatic nitrogens is 2. The minimum absolute atomic E-state index is 0.0149. The molecule has 0 unspecified atom stereocenters. The molecule has 0 amide bonds. The number of halogens is 3. The maximum atomic E-state index is 12.8. The Morgan fingerprint density at radius 2 is 1.87 bits per heavy atom. The Balaban J connectivity index is 0.000000673. The van der Waals surface area contributed by atoms with E-state index in [2.05, 4.69) is 4.98 Å². The fraction of sp³-hybridized carbons (Fsp3) is 0.455. The molecule has 3 rings (SSSR count). The lowest BCUT2D eigenvalue weighted by molar-refractivity contribution is -0.192. The van der Waals surface area contributed by atoms with Gasteiger partial charge in [0.25, 0.3) is 0 Å². The number of anilines is 1. The Morgan fingerprint density at radius 3 is 2.36 bits per heavy atom. The molecule has 2 heterocycles. The van der Waals surface area contributed by atoms with Gasteiger partial charge in [-0.15, -0.1) is 0 Å². The van der Waals surface area contributed by atoms with E-state index in [1.165, 1.54) is 16.8 Å². The number of hydrogen-bond donors (Lipinski definition) is 3. The fourth-order valence-electron chi connectivity index (χ4n) is 2.94. The summed E-state index contributed by atoms with van der Waals surface area (Å²) in [6.07, 6.45) is -4.26. The van der Waals surface area contributed by atoms with E-state index in [0.717, 1.165) is 5.56 Å². The van der Waals surface area contributed by atoms with Crippen molar-refractivity contribution >= 4 is 25.4 Å². The average Bonchev–Trinajstić information content (AvgIpc) is 2.83. The Labute approximate surface area is 220 Å². The zero-order valence-electron chi connectivity index (χ0n) is 20.9. The SMILES string of the molecule is CC(C)OC(=O)[C@@H](N)Cc1ccc(O[P@@]2(=O)CO[C@@H](Cn3ccc(N)nc3=O)CO2)cc1.O=C(O)C(F)(F)F. The van der Waals surface area contributed by atoms with E-state index >= 15 is 0 Å². The van der Waals surface area contributed by atoms with Crippen LogP contribution in [0.25, 0.3) is 0 Å². The first-order chi connectivity index (χ1) is 18.1. The van der Waals surface area contributed by atoms with Crippen LogP contribution >= 0.6 is 7.60 Å². The van der Waals surface area contributed by atoms with Gasteiger partial charge in [-0.3, -0.25) is 13.9 Å². The molecular weight excluding hydrogens is 552 g/mol. The summed E-state index contributed by atoms with van der Waals surface area (Å²) >= 11 is 0. The third-order valence-corrected chi connectivity index (χ3v) is 6.24. The number of carboxylic acid groups (broad SMARTS) is 1. The van der Waals surface area contributed by atoms with Crippen LogP contribution in [0.3, 0.4) is 0 Å². The number of ether oxygens (including phenoxy) is 2. The Morgan fingerprint density at radius 1 is 1.26 bits per heavy atom. The topological polar surface area (TPSA) is 195 Å². The van der Waals surface area contributed by atoms with Crippen molar-refractivity contribution < 1.29 is 51.0 Å². The van der Waals surface area contributed by atoms with Crippen molar-refractivity contribution in [2.75, 3.05) is 18.7 Å². The van der Waals surface area contributed by atoms with Crippen LogP contribution in [0.4, 0.5) is 19.0 Å². The van der Waals surface area contributed by atoms with Crippen molar-refractivity contribution in [2.45, 2.75) is 51.2 Å². The second-order valence-electron chi connectivity index (χ2n) is 8.45. The molecular formula is C22H28F3N4O9P. The number of carboxylic acids is 1. The lowest BCUT2D eigenvalue weighted by Gasteiger charge is -2.29. The van der Waals surface area contributed by atoms with Gasteiger partial charge >= 0.3 is 31.4 Å². The number of nitrogens with two attached hydrogens (primary N) is 2. The fourth-order valence-corrected chi connectivity index (χ4v) is 4.35. The van der Waals surface area contributed by atoms with Crippen LogP contribution in [0.1, 0.15) is 19.4 Å². The molecule has 17 heteroatoms. The van der Waals surface area contributed by atoms with Crippen molar-refractivity contribution in [3.8, 4) is 5.75 Å². The molecule has 5 N–H and O–H groups in total. The minimum Gasteiger partial charge on any atom is -0.475 e. The molecule has 3 atom stereocenters. The number of benzene rings is 1. The summed E-state index contributed by atoms with van der Waals surface area (Å²) in [5, 5.41) is 7.12. The molecule has 0 radical (unpaired) electrons. The second kappa shape index (κ2) is 13.6. The van der Waals surface area contributed by atoms with Crippen LogP contribution in [-0.4, -0.2) is 64.0 Å². The van der Waals surface area contributed by atoms with Gasteiger partial charge in [0, 0.05) is 6.20 Å². The molecule has 1 aromatic carbocycles. The van der Waals surface area contributed by atoms with Crippen molar-refractivity contribution in [2.24, 2.45) is 5.73 Å². The first-order valence-corrected chi connectivity index (χ1v) is 13.0. The molecule has 2 aromatic rings. The smallest absolute Gasteiger partial charge is 0.475 e. The molecule has 1 fully saturated rings. The first-order valence-electron chi connectivity index (χ1n) is 11.3. The predicted octanol–water partition coefficient (Wildman–Crippen LogP) is 1.93. The van der Waals surface area contributed by atoms with Crippen LogP contribution in [0.5, 0.6) is 5.75 Å². The normalized spacial score (nSPS) is 19.9. The number of aliphatic carboxylic acids is 1. The maximum absolute atomic E-state index is 12.8. The highest BCUT2D eigenvalue weighted by Gasteiger charge is 2.38. The van der Waals surface area contributed by atoms with E-state index < -0.39 is 43.5 Å². The van der Waals surface area contributed by atoms with Crippen molar-refractivity contribution in [3.05, 3.63) is 52.6 Å². The largest absolute Gasteiger partial charge is 0.490 e. The van der Waals surface area contributed by atoms with Crippen molar-refractivity contribution in [1.82, 2.24) is 9.55 Å². The molecule has 1 aromatic heterocycles. The Kier molecular flexibility index (Phi) is 11.0. The van der Waals surface area contributed by atoms with E-state index in [9.17, 15) is 27.3 Å². The summed E-state index contributed by atoms with van der Waals surface area (Å²) in [6, 6.07) is 7.40. The van der Waals surface area contributed by atoms with Gasteiger partial charge in [-0.25, -0.2) is 14.2 Å². The van der Waals surface area contributed by atoms with Gasteiger partial charge in [-0.1, -0.05) is 12.1 Å². The van der Waals surface area contributed by atoms with Gasteiger partial charge in [-0.2, -0.15) is 18.2 Å². The molecule has 39 heavy (non-hydrogen) atoms. The van der Waals surface area contributed by atoms with E-state index in [-0.39, 0.29) is 31.4 Å². The van der Waals surface area contributed by atoms with Crippen molar-refractivity contribution in [3.63, 3.8) is 0 Å². The number of alkyl halides is 3. The highest BCUT2D eigenvalue weighted by atomic mass is 31.2. The summed E-state index contributed by atoms with van der Waals surface area (Å²) in [5.41, 5.74) is 11.6. The van der Waals surface area contributed by atoms with E-state index in [4.69, 9.17) is 39.9 Å². The summed E-state index contributed by atoms with van der Waals surface area (Å²) in [7, 11) is -3.52. The zero-order chi connectivity index (χ0) is 29.4. The number of carbonyl (C=O) groups is 2. The number of carbonyl (C=O) groups excluding carboxylic acids is 1. The van der Waals surface area contributed by atoms with Crippen LogP contribution in [0.2, 0.25) is 0 Å². The van der Waals surface area contributed by atoms with Crippen molar-refractivity contribution in [1.29, 1.82) is 0 Å². The van der Waals surface area contributed by atoms with E-state index in [1.807, 2.05) is 0 Å². The third-order valence-electron chi connectivity index (χ3n) is 4.74.